The summed E-state index contributed by atoms with van der Waals surface area (Å²) in [5, 5.41) is 0.415. The van der Waals surface area contributed by atoms with E-state index in [1.807, 2.05) is 0 Å². The number of hydrogen-bond acceptors (Lipinski definition) is 3. The van der Waals surface area contributed by atoms with Crippen LogP contribution in [0.15, 0.2) is 29.4 Å². The zero-order valence-electron chi connectivity index (χ0n) is 6.68. The molecule has 0 atom stereocenters. The van der Waals surface area contributed by atoms with E-state index in [-0.39, 0.29) is 4.90 Å². The third-order valence-electron chi connectivity index (χ3n) is 1.72. The van der Waals surface area contributed by atoms with Crippen LogP contribution in [0.25, 0.3) is 5.65 Å². The molecule has 0 aliphatic heterocycles. The number of imidazole rings is 1. The van der Waals surface area contributed by atoms with Gasteiger partial charge >= 0.3 is 0 Å². The predicted molar refractivity (Wildman–Crippen MR) is 53.2 cm³/mol. The second kappa shape index (κ2) is 3.12. The fraction of sp³-hybridized carbons (Fsp3) is 0. The van der Waals surface area contributed by atoms with Crippen LogP contribution in [0.1, 0.15) is 0 Å². The van der Waals surface area contributed by atoms with Gasteiger partial charge in [0.05, 0.1) is 11.1 Å². The average molecular weight is 251 g/mol. The highest BCUT2D eigenvalue weighted by Gasteiger charge is 2.11. The Bertz CT molecular complexity index is 591. The average Bonchev–Trinajstić information content (AvgIpc) is 2.46. The number of rotatable bonds is 1. The maximum Gasteiger partial charge on any atom is 0.261 e. The topological polar surface area (TPSA) is 51.4 Å². The molecule has 0 fully saturated rings. The fourth-order valence-corrected chi connectivity index (χ4v) is 2.03. The summed E-state index contributed by atoms with van der Waals surface area (Å²) in [4.78, 5) is 3.91. The Hall–Kier alpha value is -0.780. The molecule has 2 aromatic rings. The third-order valence-corrected chi connectivity index (χ3v) is 3.35. The van der Waals surface area contributed by atoms with Gasteiger partial charge in [0.15, 0.2) is 0 Å². The molecule has 0 saturated heterocycles. The van der Waals surface area contributed by atoms with Crippen molar-refractivity contribution in [2.45, 2.75) is 4.90 Å². The molecule has 0 aliphatic rings. The summed E-state index contributed by atoms with van der Waals surface area (Å²) in [6, 6.07) is 2.72. The lowest BCUT2D eigenvalue weighted by molar-refractivity contribution is 0.609. The van der Waals surface area contributed by atoms with Crippen molar-refractivity contribution in [3.63, 3.8) is 0 Å². The van der Waals surface area contributed by atoms with Crippen molar-refractivity contribution in [2.24, 2.45) is 0 Å². The molecule has 74 valence electrons. The Morgan fingerprint density at radius 3 is 2.79 bits per heavy atom. The summed E-state index contributed by atoms with van der Waals surface area (Å²) in [5.41, 5.74) is 0.441. The molecule has 0 N–H and O–H groups in total. The van der Waals surface area contributed by atoms with Crippen LogP contribution in [-0.2, 0) is 9.05 Å². The van der Waals surface area contributed by atoms with Gasteiger partial charge < -0.3 is 0 Å². The molecule has 4 nitrogen and oxygen atoms in total. The zero-order valence-corrected chi connectivity index (χ0v) is 9.01. The van der Waals surface area contributed by atoms with Crippen LogP contribution >= 0.6 is 22.3 Å². The summed E-state index contributed by atoms with van der Waals surface area (Å²) >= 11 is 5.76. The van der Waals surface area contributed by atoms with E-state index in [2.05, 4.69) is 4.98 Å². The summed E-state index contributed by atoms with van der Waals surface area (Å²) < 4.78 is 23.5. The van der Waals surface area contributed by atoms with Crippen molar-refractivity contribution in [1.82, 2.24) is 9.38 Å². The molecule has 7 heteroatoms. The standard InChI is InChI=1S/C7H4Cl2N2O2S/c8-6-4-10-7-3-5(14(9,12)13)1-2-11(6)7/h1-4H. The lowest BCUT2D eigenvalue weighted by Gasteiger charge is -1.97. The van der Waals surface area contributed by atoms with E-state index in [4.69, 9.17) is 22.3 Å². The van der Waals surface area contributed by atoms with E-state index >= 15 is 0 Å². The second-order valence-corrected chi connectivity index (χ2v) is 5.56. The molecule has 0 amide bonds. The number of fused-ring (bicyclic) bond motifs is 1. The monoisotopic (exact) mass is 250 g/mol. The molecule has 0 unspecified atom stereocenters. The van der Waals surface area contributed by atoms with Crippen molar-refractivity contribution >= 4 is 37.0 Å². The molecular weight excluding hydrogens is 247 g/mol. The Labute approximate surface area is 89.5 Å². The minimum absolute atomic E-state index is 0.00827. The molecule has 0 spiro atoms. The van der Waals surface area contributed by atoms with Crippen molar-refractivity contribution in [3.8, 4) is 0 Å². The van der Waals surface area contributed by atoms with Crippen LogP contribution in [0.4, 0.5) is 0 Å². The van der Waals surface area contributed by atoms with E-state index in [1.54, 1.807) is 4.40 Å². The largest absolute Gasteiger partial charge is 0.290 e. The predicted octanol–water partition coefficient (Wildman–Crippen LogP) is 1.92. The van der Waals surface area contributed by atoms with Gasteiger partial charge in [0.25, 0.3) is 9.05 Å². The van der Waals surface area contributed by atoms with Gasteiger partial charge in [-0.3, -0.25) is 4.40 Å². The molecule has 2 rings (SSSR count). The number of hydrogen-bond donors (Lipinski definition) is 0. The van der Waals surface area contributed by atoms with Crippen LogP contribution in [-0.4, -0.2) is 17.8 Å². The summed E-state index contributed by atoms with van der Waals surface area (Å²) in [5.74, 6) is 0. The minimum atomic E-state index is -3.71. The molecule has 0 saturated carbocycles. The van der Waals surface area contributed by atoms with Gasteiger partial charge in [-0.25, -0.2) is 13.4 Å². The number of pyridine rings is 1. The van der Waals surface area contributed by atoms with Crippen LogP contribution in [0, 0.1) is 0 Å². The smallest absolute Gasteiger partial charge is 0.261 e. The highest BCUT2D eigenvalue weighted by atomic mass is 35.7. The first kappa shape index (κ1) is 9.76. The molecule has 0 radical (unpaired) electrons. The molecule has 0 aromatic carbocycles. The fourth-order valence-electron chi connectivity index (χ4n) is 1.08. The summed E-state index contributed by atoms with van der Waals surface area (Å²) in [6.07, 6.45) is 2.93. The molecule has 2 heterocycles. The quantitative estimate of drug-likeness (QED) is 0.727. The van der Waals surface area contributed by atoms with E-state index in [9.17, 15) is 8.42 Å². The second-order valence-electron chi connectivity index (χ2n) is 2.61. The maximum absolute atomic E-state index is 11.0. The number of aromatic nitrogens is 2. The number of halogens is 2. The van der Waals surface area contributed by atoms with Gasteiger partial charge in [-0.15, -0.1) is 0 Å². The summed E-state index contributed by atoms with van der Waals surface area (Å²) in [6.45, 7) is 0. The minimum Gasteiger partial charge on any atom is -0.290 e. The first-order valence-corrected chi connectivity index (χ1v) is 6.24. The molecule has 2 aromatic heterocycles. The Morgan fingerprint density at radius 1 is 1.43 bits per heavy atom. The Morgan fingerprint density at radius 2 is 2.14 bits per heavy atom. The van der Waals surface area contributed by atoms with E-state index in [1.165, 1.54) is 24.5 Å². The van der Waals surface area contributed by atoms with Crippen LogP contribution in [0.5, 0.6) is 0 Å². The van der Waals surface area contributed by atoms with E-state index < -0.39 is 9.05 Å². The van der Waals surface area contributed by atoms with Gasteiger partial charge in [-0.2, -0.15) is 0 Å². The third kappa shape index (κ3) is 1.58. The van der Waals surface area contributed by atoms with Gasteiger partial charge in [0, 0.05) is 22.9 Å². The van der Waals surface area contributed by atoms with E-state index in [0.717, 1.165) is 0 Å². The van der Waals surface area contributed by atoms with Crippen molar-refractivity contribution < 1.29 is 8.42 Å². The van der Waals surface area contributed by atoms with Crippen LogP contribution in [0.3, 0.4) is 0 Å². The SMILES string of the molecule is O=S(=O)(Cl)c1ccn2c(Cl)cnc2c1. The Balaban J connectivity index is 2.76. The normalized spacial score (nSPS) is 12.1. The molecule has 0 aliphatic carbocycles. The van der Waals surface area contributed by atoms with Crippen molar-refractivity contribution in [1.29, 1.82) is 0 Å². The lowest BCUT2D eigenvalue weighted by atomic mass is 10.5. The first-order valence-electron chi connectivity index (χ1n) is 3.56. The van der Waals surface area contributed by atoms with Gasteiger partial charge in [0.2, 0.25) is 0 Å². The van der Waals surface area contributed by atoms with Gasteiger partial charge in [-0.1, -0.05) is 11.6 Å². The lowest BCUT2D eigenvalue weighted by Crippen LogP contribution is -1.93. The molecule has 0 bridgehead atoms. The Kier molecular flexibility index (Phi) is 2.17. The summed E-state index contributed by atoms with van der Waals surface area (Å²) in [7, 11) is 1.46. The van der Waals surface area contributed by atoms with Crippen molar-refractivity contribution in [2.75, 3.05) is 0 Å². The van der Waals surface area contributed by atoms with Gasteiger partial charge in [-0.05, 0) is 6.07 Å². The molecule has 14 heavy (non-hydrogen) atoms. The maximum atomic E-state index is 11.0. The van der Waals surface area contributed by atoms with Crippen molar-refractivity contribution in [3.05, 3.63) is 29.7 Å². The highest BCUT2D eigenvalue weighted by Crippen LogP contribution is 2.18. The number of nitrogens with zero attached hydrogens (tertiary/aromatic N) is 2. The molecular formula is C7H4Cl2N2O2S. The van der Waals surface area contributed by atoms with E-state index in [0.29, 0.717) is 10.8 Å². The van der Waals surface area contributed by atoms with Crippen LogP contribution in [0.2, 0.25) is 5.15 Å². The van der Waals surface area contributed by atoms with Crippen LogP contribution < -0.4 is 0 Å². The van der Waals surface area contributed by atoms with Gasteiger partial charge in [0.1, 0.15) is 10.8 Å². The first-order chi connectivity index (χ1) is 6.48. The highest BCUT2D eigenvalue weighted by molar-refractivity contribution is 8.13. The zero-order chi connectivity index (χ0) is 10.3.